The summed E-state index contributed by atoms with van der Waals surface area (Å²) in [6, 6.07) is 14.2. The number of carbonyl (C=O) groups excluding carboxylic acids is 1. The Morgan fingerprint density at radius 3 is 2.29 bits per heavy atom. The Kier molecular flexibility index (Phi) is 4.94. The van der Waals surface area contributed by atoms with Gasteiger partial charge in [-0.05, 0) is 36.6 Å². The molecule has 0 aliphatic rings. The lowest BCUT2D eigenvalue weighted by atomic mass is 9.70. The molecule has 0 saturated carbocycles. The van der Waals surface area contributed by atoms with Crippen molar-refractivity contribution < 1.29 is 9.18 Å². The Hall–Kier alpha value is -1.48. The first-order valence-electron chi connectivity index (χ1n) is 7.10. The molecule has 0 bridgehead atoms. The van der Waals surface area contributed by atoms with E-state index in [2.05, 4.69) is 15.9 Å². The number of hydrogen-bond donors (Lipinski definition) is 0. The van der Waals surface area contributed by atoms with Crippen molar-refractivity contribution in [1.82, 2.24) is 0 Å². The van der Waals surface area contributed by atoms with Crippen LogP contribution in [0.15, 0.2) is 53.0 Å². The molecule has 0 N–H and O–H groups in total. The van der Waals surface area contributed by atoms with Gasteiger partial charge >= 0.3 is 0 Å². The first kappa shape index (κ1) is 15.9. The van der Waals surface area contributed by atoms with Crippen molar-refractivity contribution >= 4 is 21.7 Å². The smallest absolute Gasteiger partial charge is 0.176 e. The van der Waals surface area contributed by atoms with Crippen LogP contribution in [0.25, 0.3) is 0 Å². The van der Waals surface area contributed by atoms with Crippen LogP contribution in [0.4, 0.5) is 4.39 Å². The highest BCUT2D eigenvalue weighted by Gasteiger charge is 2.38. The first-order valence-corrected chi connectivity index (χ1v) is 7.90. The van der Waals surface area contributed by atoms with Crippen molar-refractivity contribution in [1.29, 1.82) is 0 Å². The predicted molar refractivity (Wildman–Crippen MR) is 87.1 cm³/mol. The highest BCUT2D eigenvalue weighted by Crippen LogP contribution is 2.36. The number of hydrogen-bond acceptors (Lipinski definition) is 1. The topological polar surface area (TPSA) is 17.1 Å². The molecule has 0 spiro atoms. The number of benzene rings is 2. The molecule has 0 aromatic heterocycles. The third kappa shape index (κ3) is 2.93. The van der Waals surface area contributed by atoms with Gasteiger partial charge in [-0.2, -0.15) is 0 Å². The summed E-state index contributed by atoms with van der Waals surface area (Å²) in [5.41, 5.74) is 0.416. The fourth-order valence-corrected chi connectivity index (χ4v) is 3.16. The van der Waals surface area contributed by atoms with Crippen LogP contribution in [0.2, 0.25) is 0 Å². The lowest BCUT2D eigenvalue weighted by Gasteiger charge is -2.31. The number of ketones is 1. The summed E-state index contributed by atoms with van der Waals surface area (Å²) in [7, 11) is 0. The van der Waals surface area contributed by atoms with Crippen molar-refractivity contribution in [2.45, 2.75) is 32.1 Å². The molecular formula is C18H18BrFO. The normalized spacial score (nSPS) is 11.4. The van der Waals surface area contributed by atoms with E-state index in [-0.39, 0.29) is 11.3 Å². The maximum atomic E-state index is 14.1. The highest BCUT2D eigenvalue weighted by molar-refractivity contribution is 9.10. The Morgan fingerprint density at radius 1 is 1.10 bits per heavy atom. The average molecular weight is 349 g/mol. The third-order valence-electron chi connectivity index (χ3n) is 4.14. The molecule has 0 fully saturated rings. The minimum absolute atomic E-state index is 0.150. The van der Waals surface area contributed by atoms with Gasteiger partial charge in [-0.3, -0.25) is 4.79 Å². The van der Waals surface area contributed by atoms with E-state index in [0.29, 0.717) is 17.3 Å². The quantitative estimate of drug-likeness (QED) is 0.649. The Labute approximate surface area is 133 Å². The maximum absolute atomic E-state index is 14.1. The van der Waals surface area contributed by atoms with Gasteiger partial charge in [-0.25, -0.2) is 4.39 Å². The fraction of sp³-hybridized carbons (Fsp3) is 0.278. The summed E-state index contributed by atoms with van der Waals surface area (Å²) >= 11 is 3.31. The zero-order chi connectivity index (χ0) is 15.5. The second-order valence-corrected chi connectivity index (χ2v) is 6.02. The van der Waals surface area contributed by atoms with E-state index < -0.39 is 11.2 Å². The van der Waals surface area contributed by atoms with Crippen LogP contribution in [0.1, 0.15) is 42.6 Å². The molecule has 110 valence electrons. The molecule has 2 aromatic carbocycles. The monoisotopic (exact) mass is 348 g/mol. The average Bonchev–Trinajstić information content (AvgIpc) is 2.52. The lowest BCUT2D eigenvalue weighted by molar-refractivity contribution is 0.0868. The van der Waals surface area contributed by atoms with Crippen molar-refractivity contribution in [3.8, 4) is 0 Å². The van der Waals surface area contributed by atoms with Crippen LogP contribution in [0.3, 0.4) is 0 Å². The van der Waals surface area contributed by atoms with Crippen LogP contribution >= 0.6 is 15.9 Å². The third-order valence-corrected chi connectivity index (χ3v) is 4.63. The first-order chi connectivity index (χ1) is 10.0. The van der Waals surface area contributed by atoms with Crippen LogP contribution in [0.5, 0.6) is 0 Å². The zero-order valence-corrected chi connectivity index (χ0v) is 13.8. The van der Waals surface area contributed by atoms with E-state index in [1.54, 1.807) is 12.1 Å². The van der Waals surface area contributed by atoms with Crippen molar-refractivity contribution in [3.05, 3.63) is 69.9 Å². The maximum Gasteiger partial charge on any atom is 0.176 e. The molecule has 3 heteroatoms. The molecule has 0 saturated heterocycles. The molecule has 21 heavy (non-hydrogen) atoms. The fourth-order valence-electron chi connectivity index (χ4n) is 2.80. The number of halogens is 2. The highest BCUT2D eigenvalue weighted by atomic mass is 79.9. The van der Waals surface area contributed by atoms with Gasteiger partial charge in [-0.1, -0.05) is 60.1 Å². The van der Waals surface area contributed by atoms with Gasteiger partial charge in [-0.15, -0.1) is 0 Å². The van der Waals surface area contributed by atoms with Gasteiger partial charge < -0.3 is 0 Å². The molecule has 0 aliphatic carbocycles. The van der Waals surface area contributed by atoms with Gasteiger partial charge in [0.05, 0.1) is 11.0 Å². The summed E-state index contributed by atoms with van der Waals surface area (Å²) in [5.74, 6) is -0.622. The van der Waals surface area contributed by atoms with Gasteiger partial charge in [0.1, 0.15) is 5.82 Å². The Balaban J connectivity index is 2.57. The van der Waals surface area contributed by atoms with E-state index >= 15 is 0 Å². The van der Waals surface area contributed by atoms with E-state index in [1.165, 1.54) is 6.07 Å². The molecule has 0 heterocycles. The van der Waals surface area contributed by atoms with Crippen molar-refractivity contribution in [2.24, 2.45) is 0 Å². The zero-order valence-electron chi connectivity index (χ0n) is 12.2. The Bertz CT molecular complexity index is 633. The predicted octanol–water partition coefficient (Wildman–Crippen LogP) is 5.53. The van der Waals surface area contributed by atoms with Gasteiger partial charge in [0.15, 0.2) is 5.78 Å². The number of carbonyl (C=O) groups is 1. The standard InChI is InChI=1S/C18H18BrFO/c1-3-18(4-2,13-8-6-5-7-9-13)17(21)15-12-14(19)10-11-16(15)20/h5-12H,3-4H2,1-2H3. The molecule has 2 rings (SSSR count). The molecule has 0 amide bonds. The summed E-state index contributed by atoms with van der Waals surface area (Å²) in [6.07, 6.45) is 1.27. The number of Topliss-reactive ketones (excluding diaryl/α,β-unsaturated/α-hetero) is 1. The molecule has 0 unspecified atom stereocenters. The SMILES string of the molecule is CCC(CC)(C(=O)c1cc(Br)ccc1F)c1ccccc1. The molecular weight excluding hydrogens is 331 g/mol. The van der Waals surface area contributed by atoms with Gasteiger partial charge in [0, 0.05) is 4.47 Å². The van der Waals surface area contributed by atoms with E-state index in [9.17, 15) is 9.18 Å². The largest absolute Gasteiger partial charge is 0.293 e. The number of rotatable bonds is 5. The minimum atomic E-state index is -0.678. The molecule has 0 aliphatic heterocycles. The van der Waals surface area contributed by atoms with Crippen LogP contribution in [-0.2, 0) is 5.41 Å². The van der Waals surface area contributed by atoms with Crippen LogP contribution in [0, 0.1) is 5.82 Å². The summed E-state index contributed by atoms with van der Waals surface area (Å²) < 4.78 is 14.8. The second-order valence-electron chi connectivity index (χ2n) is 5.11. The molecule has 1 nitrogen and oxygen atoms in total. The van der Waals surface area contributed by atoms with E-state index in [1.807, 2.05) is 44.2 Å². The Morgan fingerprint density at radius 2 is 1.71 bits per heavy atom. The van der Waals surface area contributed by atoms with Crippen LogP contribution in [-0.4, -0.2) is 5.78 Å². The summed E-state index contributed by atoms with van der Waals surface area (Å²) in [6.45, 7) is 3.95. The van der Waals surface area contributed by atoms with Crippen molar-refractivity contribution in [2.75, 3.05) is 0 Å². The summed E-state index contributed by atoms with van der Waals surface area (Å²) in [5, 5.41) is 0. The molecule has 0 radical (unpaired) electrons. The van der Waals surface area contributed by atoms with E-state index in [0.717, 1.165) is 5.56 Å². The van der Waals surface area contributed by atoms with Gasteiger partial charge in [0.25, 0.3) is 0 Å². The summed E-state index contributed by atoms with van der Waals surface area (Å²) in [4.78, 5) is 13.0. The molecule has 0 atom stereocenters. The van der Waals surface area contributed by atoms with Crippen molar-refractivity contribution in [3.63, 3.8) is 0 Å². The lowest BCUT2D eigenvalue weighted by Crippen LogP contribution is -2.35. The molecule has 2 aromatic rings. The van der Waals surface area contributed by atoms with Gasteiger partial charge in [0.2, 0.25) is 0 Å². The second kappa shape index (κ2) is 6.52. The van der Waals surface area contributed by atoms with Crippen LogP contribution < -0.4 is 0 Å². The minimum Gasteiger partial charge on any atom is -0.293 e. The van der Waals surface area contributed by atoms with E-state index in [4.69, 9.17) is 0 Å².